The number of nitrogens with zero attached hydrogens (tertiary/aromatic N) is 2. The van der Waals surface area contributed by atoms with Crippen LogP contribution in [0.3, 0.4) is 0 Å². The fraction of sp³-hybridized carbons (Fsp3) is 0.267. The summed E-state index contributed by atoms with van der Waals surface area (Å²) in [6.07, 6.45) is 3.80. The van der Waals surface area contributed by atoms with Crippen molar-refractivity contribution in [2.75, 3.05) is 13.1 Å². The molecule has 0 aliphatic carbocycles. The van der Waals surface area contributed by atoms with Gasteiger partial charge in [-0.15, -0.1) is 0 Å². The quantitative estimate of drug-likeness (QED) is 0.859. The Bertz CT molecular complexity index is 735. The Morgan fingerprint density at radius 1 is 1.14 bits per heavy atom. The highest BCUT2D eigenvalue weighted by molar-refractivity contribution is 7.89. The Hall–Kier alpha value is -1.63. The van der Waals surface area contributed by atoms with Gasteiger partial charge in [-0.3, -0.25) is 4.98 Å². The standard InChI is InChI=1S/C15H15ClN2O3S/c16-12-1-3-15(4-2-12)22(19,20)18-10-7-14(11-18)21-13-5-8-17-9-6-13/h1-6,8-9,14H,7,10-11H2/t14-/m0/s1. The van der Waals surface area contributed by atoms with E-state index < -0.39 is 10.0 Å². The van der Waals surface area contributed by atoms with Crippen LogP contribution >= 0.6 is 11.6 Å². The number of halogens is 1. The van der Waals surface area contributed by atoms with E-state index in [1.807, 2.05) is 0 Å². The minimum Gasteiger partial charge on any atom is -0.489 e. The summed E-state index contributed by atoms with van der Waals surface area (Å²) in [6, 6.07) is 9.72. The Balaban J connectivity index is 1.70. The maximum atomic E-state index is 12.6. The third kappa shape index (κ3) is 3.24. The van der Waals surface area contributed by atoms with Gasteiger partial charge < -0.3 is 4.74 Å². The van der Waals surface area contributed by atoms with E-state index in [1.54, 1.807) is 36.7 Å². The summed E-state index contributed by atoms with van der Waals surface area (Å²) < 4.78 is 32.4. The van der Waals surface area contributed by atoms with Crippen molar-refractivity contribution in [3.63, 3.8) is 0 Å². The van der Waals surface area contributed by atoms with Gasteiger partial charge in [0.05, 0.1) is 11.4 Å². The number of benzene rings is 1. The monoisotopic (exact) mass is 338 g/mol. The largest absolute Gasteiger partial charge is 0.489 e. The fourth-order valence-corrected chi connectivity index (χ4v) is 3.99. The molecule has 0 radical (unpaired) electrons. The molecule has 7 heteroatoms. The molecule has 1 saturated heterocycles. The van der Waals surface area contributed by atoms with Crippen LogP contribution in [0.25, 0.3) is 0 Å². The van der Waals surface area contributed by atoms with Gasteiger partial charge in [0.15, 0.2) is 0 Å². The number of rotatable bonds is 4. The molecule has 0 amide bonds. The molecule has 116 valence electrons. The maximum Gasteiger partial charge on any atom is 0.243 e. The topological polar surface area (TPSA) is 59.5 Å². The van der Waals surface area contributed by atoms with E-state index in [0.29, 0.717) is 30.3 Å². The molecule has 5 nitrogen and oxygen atoms in total. The Kier molecular flexibility index (Phi) is 4.33. The lowest BCUT2D eigenvalue weighted by molar-refractivity contribution is 0.215. The molecule has 3 rings (SSSR count). The Labute approximate surface area is 134 Å². The third-order valence-corrected chi connectivity index (χ3v) is 5.64. The van der Waals surface area contributed by atoms with E-state index in [2.05, 4.69) is 4.98 Å². The summed E-state index contributed by atoms with van der Waals surface area (Å²) in [5.41, 5.74) is 0. The van der Waals surface area contributed by atoms with Gasteiger partial charge in [0, 0.05) is 24.0 Å². The first-order valence-corrected chi connectivity index (χ1v) is 8.70. The summed E-state index contributed by atoms with van der Waals surface area (Å²) in [5, 5.41) is 0.513. The Morgan fingerprint density at radius 3 is 2.50 bits per heavy atom. The van der Waals surface area contributed by atoms with E-state index in [1.165, 1.54) is 16.4 Å². The van der Waals surface area contributed by atoms with Crippen LogP contribution in [-0.2, 0) is 10.0 Å². The molecule has 2 heterocycles. The van der Waals surface area contributed by atoms with Gasteiger partial charge in [0.25, 0.3) is 0 Å². The van der Waals surface area contributed by atoms with Gasteiger partial charge in [0.1, 0.15) is 11.9 Å². The maximum absolute atomic E-state index is 12.6. The highest BCUT2D eigenvalue weighted by atomic mass is 35.5. The molecule has 0 bridgehead atoms. The molecule has 0 spiro atoms. The first-order valence-electron chi connectivity index (χ1n) is 6.88. The molecule has 1 atom stereocenters. The number of ether oxygens (including phenoxy) is 1. The zero-order valence-corrected chi connectivity index (χ0v) is 13.3. The number of hydrogen-bond donors (Lipinski definition) is 0. The van der Waals surface area contributed by atoms with Crippen LogP contribution in [0.2, 0.25) is 5.02 Å². The minimum absolute atomic E-state index is 0.149. The predicted octanol–water partition coefficient (Wildman–Crippen LogP) is 2.58. The van der Waals surface area contributed by atoms with Crippen LogP contribution in [-0.4, -0.2) is 36.9 Å². The highest BCUT2D eigenvalue weighted by Crippen LogP contribution is 2.24. The summed E-state index contributed by atoms with van der Waals surface area (Å²) in [4.78, 5) is 4.18. The van der Waals surface area contributed by atoms with Crippen molar-refractivity contribution in [2.24, 2.45) is 0 Å². The molecule has 1 aliphatic heterocycles. The molecule has 0 unspecified atom stereocenters. The number of hydrogen-bond acceptors (Lipinski definition) is 4. The van der Waals surface area contributed by atoms with Crippen molar-refractivity contribution < 1.29 is 13.2 Å². The minimum atomic E-state index is -3.50. The molecule has 1 fully saturated rings. The number of aromatic nitrogens is 1. The second-order valence-corrected chi connectivity index (χ2v) is 7.40. The van der Waals surface area contributed by atoms with Crippen molar-refractivity contribution in [3.05, 3.63) is 53.8 Å². The molecular formula is C15H15ClN2O3S. The first kappa shape index (κ1) is 15.3. The highest BCUT2D eigenvalue weighted by Gasteiger charge is 2.33. The second kappa shape index (κ2) is 6.24. The van der Waals surface area contributed by atoms with Crippen LogP contribution in [0.5, 0.6) is 5.75 Å². The first-order chi connectivity index (χ1) is 10.6. The van der Waals surface area contributed by atoms with E-state index in [-0.39, 0.29) is 11.0 Å². The van der Waals surface area contributed by atoms with E-state index in [9.17, 15) is 8.42 Å². The molecule has 2 aromatic rings. The van der Waals surface area contributed by atoms with Crippen molar-refractivity contribution in [1.82, 2.24) is 9.29 Å². The molecule has 1 aromatic heterocycles. The predicted molar refractivity (Wildman–Crippen MR) is 83.5 cm³/mol. The normalized spacial score (nSPS) is 19.2. The molecular weight excluding hydrogens is 324 g/mol. The van der Waals surface area contributed by atoms with Gasteiger partial charge >= 0.3 is 0 Å². The van der Waals surface area contributed by atoms with Gasteiger partial charge in [0.2, 0.25) is 10.0 Å². The molecule has 22 heavy (non-hydrogen) atoms. The van der Waals surface area contributed by atoms with Crippen molar-refractivity contribution in [1.29, 1.82) is 0 Å². The molecule has 1 aromatic carbocycles. The van der Waals surface area contributed by atoms with Crippen LogP contribution < -0.4 is 4.74 Å². The summed E-state index contributed by atoms with van der Waals surface area (Å²) in [7, 11) is -3.50. The molecule has 1 aliphatic rings. The third-order valence-electron chi connectivity index (χ3n) is 3.51. The fourth-order valence-electron chi connectivity index (χ4n) is 2.38. The Morgan fingerprint density at radius 2 is 1.82 bits per heavy atom. The van der Waals surface area contributed by atoms with Gasteiger partial charge in [-0.2, -0.15) is 4.31 Å². The van der Waals surface area contributed by atoms with Gasteiger partial charge in [-0.05, 0) is 42.8 Å². The van der Waals surface area contributed by atoms with Crippen LogP contribution in [0, 0.1) is 0 Å². The van der Waals surface area contributed by atoms with Crippen molar-refractivity contribution in [2.45, 2.75) is 17.4 Å². The van der Waals surface area contributed by atoms with Crippen LogP contribution in [0.15, 0.2) is 53.7 Å². The van der Waals surface area contributed by atoms with Crippen molar-refractivity contribution in [3.8, 4) is 5.75 Å². The summed E-state index contributed by atoms with van der Waals surface area (Å²) >= 11 is 5.80. The zero-order chi connectivity index (χ0) is 15.6. The van der Waals surface area contributed by atoms with E-state index in [4.69, 9.17) is 16.3 Å². The number of sulfonamides is 1. The van der Waals surface area contributed by atoms with E-state index in [0.717, 1.165) is 0 Å². The second-order valence-electron chi connectivity index (χ2n) is 5.03. The number of pyridine rings is 1. The van der Waals surface area contributed by atoms with Crippen LogP contribution in [0.4, 0.5) is 0 Å². The molecule has 0 saturated carbocycles. The van der Waals surface area contributed by atoms with Crippen LogP contribution in [0.1, 0.15) is 6.42 Å². The summed E-state index contributed by atoms with van der Waals surface area (Å²) in [6.45, 7) is 0.786. The van der Waals surface area contributed by atoms with E-state index >= 15 is 0 Å². The SMILES string of the molecule is O=S(=O)(c1ccc(Cl)cc1)N1CC[C@H](Oc2ccncc2)C1. The lowest BCUT2D eigenvalue weighted by Crippen LogP contribution is -2.31. The lowest BCUT2D eigenvalue weighted by Gasteiger charge is -2.17. The van der Waals surface area contributed by atoms with Crippen molar-refractivity contribution >= 4 is 21.6 Å². The zero-order valence-electron chi connectivity index (χ0n) is 11.7. The molecule has 0 N–H and O–H groups in total. The summed E-state index contributed by atoms with van der Waals surface area (Å²) in [5.74, 6) is 0.700. The van der Waals surface area contributed by atoms with Gasteiger partial charge in [-0.25, -0.2) is 8.42 Å². The lowest BCUT2D eigenvalue weighted by atomic mass is 10.3. The average Bonchev–Trinajstić information content (AvgIpc) is 2.98. The van der Waals surface area contributed by atoms with Gasteiger partial charge in [-0.1, -0.05) is 11.6 Å². The smallest absolute Gasteiger partial charge is 0.243 e. The average molecular weight is 339 g/mol.